The lowest BCUT2D eigenvalue weighted by Crippen LogP contribution is -2.25. The summed E-state index contributed by atoms with van der Waals surface area (Å²) in [6.07, 6.45) is 1.65. The Kier molecular flexibility index (Phi) is 6.06. The number of nitrogens with zero attached hydrogens (tertiary/aromatic N) is 5. The number of nitrogens with one attached hydrogen (secondary N) is 1. The van der Waals surface area contributed by atoms with E-state index in [-0.39, 0.29) is 30.6 Å². The molecule has 152 valence electrons. The average molecular weight is 465 g/mol. The van der Waals surface area contributed by atoms with Crippen LogP contribution in [0.2, 0.25) is 0 Å². The second-order valence-corrected chi connectivity index (χ2v) is 7.44. The van der Waals surface area contributed by atoms with Crippen LogP contribution in [0.3, 0.4) is 0 Å². The van der Waals surface area contributed by atoms with E-state index in [0.717, 1.165) is 0 Å². The highest BCUT2D eigenvalue weighted by atomic mass is 79.9. The first-order valence-electron chi connectivity index (χ1n) is 8.70. The minimum atomic E-state index is -0.576. The quantitative estimate of drug-likeness (QED) is 0.425. The van der Waals surface area contributed by atoms with Crippen LogP contribution in [-0.4, -0.2) is 30.4 Å². The third-order valence-electron chi connectivity index (χ3n) is 4.30. The molecule has 9 nitrogen and oxygen atoms in total. The van der Waals surface area contributed by atoms with Crippen molar-refractivity contribution in [3.05, 3.63) is 68.2 Å². The van der Waals surface area contributed by atoms with Crippen molar-refractivity contribution < 1.29 is 14.1 Å². The molecule has 0 saturated carbocycles. The molecular weight excluding hydrogens is 447 g/mol. The van der Waals surface area contributed by atoms with E-state index in [9.17, 15) is 19.3 Å². The molecule has 2 aromatic heterocycles. The Balaban J connectivity index is 1.66. The lowest BCUT2D eigenvalue weighted by atomic mass is 10.1. The van der Waals surface area contributed by atoms with Gasteiger partial charge >= 0.3 is 5.82 Å². The summed E-state index contributed by atoms with van der Waals surface area (Å²) >= 11 is 3.34. The fraction of sp³-hybridized carbons (Fsp3) is 0.278. The van der Waals surface area contributed by atoms with Crippen LogP contribution in [0.5, 0.6) is 0 Å². The van der Waals surface area contributed by atoms with E-state index in [1.54, 1.807) is 38.2 Å². The van der Waals surface area contributed by atoms with E-state index >= 15 is 0 Å². The molecule has 1 amide bonds. The van der Waals surface area contributed by atoms with Gasteiger partial charge in [0.05, 0.1) is 40.3 Å². The summed E-state index contributed by atoms with van der Waals surface area (Å²) in [4.78, 5) is 22.8. The molecule has 0 radical (unpaired) electrons. The standard InChI is InChI=1S/C18H18BrFN6O3/c1-11(8-25-12(2)7-16(22-25)26(28)29)18(27)21-17-14(19)10-24(23-17)9-13-5-3-4-6-15(13)20/h3-7,10-11H,8-9H2,1-2H3,(H,21,23,27). The summed E-state index contributed by atoms with van der Waals surface area (Å²) in [5, 5.41) is 21.7. The zero-order valence-corrected chi connectivity index (χ0v) is 17.3. The van der Waals surface area contributed by atoms with Crippen molar-refractivity contribution in [2.24, 2.45) is 5.92 Å². The summed E-state index contributed by atoms with van der Waals surface area (Å²) in [5.41, 5.74) is 1.07. The average Bonchev–Trinajstić information content (AvgIpc) is 3.19. The molecule has 1 N–H and O–H groups in total. The molecule has 0 fully saturated rings. The smallest absolute Gasteiger partial charge is 0.358 e. The van der Waals surface area contributed by atoms with Gasteiger partial charge in [-0.2, -0.15) is 9.78 Å². The summed E-state index contributed by atoms with van der Waals surface area (Å²) in [6.45, 7) is 3.77. The van der Waals surface area contributed by atoms with Crippen molar-refractivity contribution in [3.8, 4) is 0 Å². The summed E-state index contributed by atoms with van der Waals surface area (Å²) in [7, 11) is 0. The van der Waals surface area contributed by atoms with Gasteiger partial charge in [-0.3, -0.25) is 9.48 Å². The van der Waals surface area contributed by atoms with Crippen LogP contribution >= 0.6 is 15.9 Å². The predicted molar refractivity (Wildman–Crippen MR) is 107 cm³/mol. The van der Waals surface area contributed by atoms with Gasteiger partial charge in [0.2, 0.25) is 5.91 Å². The molecule has 2 heterocycles. The van der Waals surface area contributed by atoms with E-state index in [1.165, 1.54) is 21.5 Å². The Bertz CT molecular complexity index is 1060. The maximum absolute atomic E-state index is 13.8. The third-order valence-corrected chi connectivity index (χ3v) is 4.88. The van der Waals surface area contributed by atoms with Crippen LogP contribution in [0.15, 0.2) is 41.0 Å². The van der Waals surface area contributed by atoms with E-state index in [4.69, 9.17) is 0 Å². The Morgan fingerprint density at radius 3 is 2.76 bits per heavy atom. The Morgan fingerprint density at radius 1 is 1.38 bits per heavy atom. The largest absolute Gasteiger partial charge is 0.390 e. The second kappa shape index (κ2) is 8.52. The fourth-order valence-electron chi connectivity index (χ4n) is 2.71. The number of hydrogen-bond donors (Lipinski definition) is 1. The highest BCUT2D eigenvalue weighted by Gasteiger charge is 2.22. The number of halogens is 2. The van der Waals surface area contributed by atoms with Gasteiger partial charge < -0.3 is 15.4 Å². The number of rotatable bonds is 7. The predicted octanol–water partition coefficient (Wildman–Crippen LogP) is 3.52. The van der Waals surface area contributed by atoms with Crippen LogP contribution in [-0.2, 0) is 17.9 Å². The topological polar surface area (TPSA) is 108 Å². The van der Waals surface area contributed by atoms with Gasteiger partial charge in [0.1, 0.15) is 5.82 Å². The second-order valence-electron chi connectivity index (χ2n) is 6.59. The summed E-state index contributed by atoms with van der Waals surface area (Å²) in [6, 6.07) is 7.74. The number of aromatic nitrogens is 4. The number of benzene rings is 1. The first-order valence-corrected chi connectivity index (χ1v) is 9.50. The molecule has 0 saturated heterocycles. The van der Waals surface area contributed by atoms with E-state index < -0.39 is 10.8 Å². The van der Waals surface area contributed by atoms with Gasteiger partial charge in [0.25, 0.3) is 0 Å². The minimum Gasteiger partial charge on any atom is -0.358 e. The van der Waals surface area contributed by atoms with Crippen LogP contribution in [0.4, 0.5) is 16.0 Å². The number of amides is 1. The Hall–Kier alpha value is -3.08. The van der Waals surface area contributed by atoms with E-state index in [2.05, 4.69) is 31.4 Å². The number of carbonyl (C=O) groups is 1. The lowest BCUT2D eigenvalue weighted by Gasteiger charge is -2.10. The molecular formula is C18H18BrFN6O3. The molecule has 11 heteroatoms. The van der Waals surface area contributed by atoms with Crippen LogP contribution in [0, 0.1) is 28.8 Å². The lowest BCUT2D eigenvalue weighted by molar-refractivity contribution is -0.389. The Labute approximate surface area is 173 Å². The van der Waals surface area contributed by atoms with Crippen molar-refractivity contribution in [2.75, 3.05) is 5.32 Å². The van der Waals surface area contributed by atoms with Crippen LogP contribution in [0.25, 0.3) is 0 Å². The molecule has 1 atom stereocenters. The van der Waals surface area contributed by atoms with Crippen molar-refractivity contribution in [1.29, 1.82) is 0 Å². The Morgan fingerprint density at radius 2 is 2.10 bits per heavy atom. The molecule has 1 aromatic carbocycles. The van der Waals surface area contributed by atoms with Gasteiger partial charge in [-0.25, -0.2) is 4.39 Å². The van der Waals surface area contributed by atoms with Crippen LogP contribution in [0.1, 0.15) is 18.2 Å². The van der Waals surface area contributed by atoms with Crippen molar-refractivity contribution in [1.82, 2.24) is 19.6 Å². The van der Waals surface area contributed by atoms with Crippen molar-refractivity contribution >= 4 is 33.5 Å². The first kappa shape index (κ1) is 20.6. The van der Waals surface area contributed by atoms with E-state index in [1.807, 2.05) is 0 Å². The molecule has 0 spiro atoms. The molecule has 0 aliphatic carbocycles. The third kappa shape index (κ3) is 4.86. The summed E-state index contributed by atoms with van der Waals surface area (Å²) in [5.74, 6) is -1.12. The highest BCUT2D eigenvalue weighted by molar-refractivity contribution is 9.10. The van der Waals surface area contributed by atoms with Gasteiger partial charge in [-0.15, -0.1) is 0 Å². The first-order chi connectivity index (χ1) is 13.7. The molecule has 29 heavy (non-hydrogen) atoms. The van der Waals surface area contributed by atoms with Crippen molar-refractivity contribution in [2.45, 2.75) is 26.9 Å². The number of anilines is 1. The zero-order chi connectivity index (χ0) is 21.1. The van der Waals surface area contributed by atoms with Gasteiger partial charge in [-0.1, -0.05) is 25.1 Å². The van der Waals surface area contributed by atoms with Crippen molar-refractivity contribution in [3.63, 3.8) is 0 Å². The maximum Gasteiger partial charge on any atom is 0.390 e. The molecule has 3 aromatic rings. The highest BCUT2D eigenvalue weighted by Crippen LogP contribution is 2.22. The van der Waals surface area contributed by atoms with Gasteiger partial charge in [0.15, 0.2) is 5.82 Å². The van der Waals surface area contributed by atoms with Gasteiger partial charge in [-0.05, 0) is 33.8 Å². The number of carbonyl (C=O) groups excluding carboxylic acids is 1. The molecule has 0 aliphatic heterocycles. The summed E-state index contributed by atoms with van der Waals surface area (Å²) < 4.78 is 17.3. The molecule has 0 aliphatic rings. The molecule has 0 bridgehead atoms. The van der Waals surface area contributed by atoms with E-state index in [0.29, 0.717) is 21.5 Å². The zero-order valence-electron chi connectivity index (χ0n) is 15.7. The minimum absolute atomic E-state index is 0.180. The number of nitro groups is 1. The normalized spacial score (nSPS) is 12.0. The van der Waals surface area contributed by atoms with Crippen LogP contribution < -0.4 is 5.32 Å². The molecule has 1 unspecified atom stereocenters. The monoisotopic (exact) mass is 464 g/mol. The van der Waals surface area contributed by atoms with Gasteiger partial charge in [0, 0.05) is 11.8 Å². The SMILES string of the molecule is Cc1cc([N+](=O)[O-])nn1CC(C)C(=O)Nc1nn(Cc2ccccc2F)cc1Br. The fourth-order valence-corrected chi connectivity index (χ4v) is 3.13. The molecule has 3 rings (SSSR count). The number of hydrogen-bond acceptors (Lipinski definition) is 5. The maximum atomic E-state index is 13.8. The number of aryl methyl sites for hydroxylation is 1.